The molecule has 178 valence electrons. The minimum absolute atomic E-state index is 0. The van der Waals surface area contributed by atoms with Gasteiger partial charge in [-0.2, -0.15) is 0 Å². The number of nitrogens with one attached hydrogen (secondary N) is 1. The minimum atomic E-state index is -0.381. The number of carbonyl (C=O) groups is 1. The van der Waals surface area contributed by atoms with E-state index in [0.29, 0.717) is 37.1 Å². The molecule has 5 rings (SSSR count). The van der Waals surface area contributed by atoms with E-state index in [9.17, 15) is 9.90 Å². The van der Waals surface area contributed by atoms with Gasteiger partial charge in [-0.3, -0.25) is 0 Å². The molecular formula is C25H34N4O4. The lowest BCUT2D eigenvalue weighted by molar-refractivity contribution is 0.0825. The number of hydrogen-bond acceptors (Lipinski definition) is 7. The average Bonchev–Trinajstić information content (AvgIpc) is 3.49. The molecule has 3 aromatic rings. The van der Waals surface area contributed by atoms with Crippen LogP contribution in [0.2, 0.25) is 0 Å². The Kier molecular flexibility index (Phi) is 6.00. The van der Waals surface area contributed by atoms with Crippen molar-refractivity contribution in [3.8, 4) is 17.1 Å². The van der Waals surface area contributed by atoms with E-state index in [1.165, 1.54) is 0 Å². The summed E-state index contributed by atoms with van der Waals surface area (Å²) in [4.78, 5) is 24.0. The lowest BCUT2D eigenvalue weighted by atomic mass is 10.1. The van der Waals surface area contributed by atoms with Crippen molar-refractivity contribution in [2.75, 3.05) is 37.7 Å². The van der Waals surface area contributed by atoms with Crippen LogP contribution in [0, 0.1) is 12.8 Å². The Balaban J connectivity index is 0.00000152. The molecule has 0 saturated carbocycles. The molecule has 2 aliphatic rings. The SMILES string of the molecule is Cc1ccc2c(N3CC[C@H](CNC(=O)O[C@H]4CCOC4)C3)nc(-c3ccccc3O)nc2c1.[HH].[HH].[HH]. The molecule has 8 nitrogen and oxygen atoms in total. The number of ether oxygens (including phenoxy) is 2. The van der Waals surface area contributed by atoms with Gasteiger partial charge in [-0.15, -0.1) is 0 Å². The predicted octanol–water partition coefficient (Wildman–Crippen LogP) is 4.39. The molecule has 1 amide bonds. The fourth-order valence-corrected chi connectivity index (χ4v) is 4.47. The smallest absolute Gasteiger partial charge is 0.407 e. The zero-order valence-corrected chi connectivity index (χ0v) is 18.7. The summed E-state index contributed by atoms with van der Waals surface area (Å²) in [5.74, 6) is 1.81. The van der Waals surface area contributed by atoms with E-state index in [-0.39, 0.29) is 22.2 Å². The monoisotopic (exact) mass is 454 g/mol. The van der Waals surface area contributed by atoms with Gasteiger partial charge in [0.15, 0.2) is 5.82 Å². The number of anilines is 1. The number of rotatable bonds is 5. The van der Waals surface area contributed by atoms with Crippen LogP contribution >= 0.6 is 0 Å². The summed E-state index contributed by atoms with van der Waals surface area (Å²) in [6.07, 6.45) is 1.17. The van der Waals surface area contributed by atoms with Crippen molar-refractivity contribution in [1.29, 1.82) is 0 Å². The van der Waals surface area contributed by atoms with Crippen LogP contribution in [0.4, 0.5) is 10.6 Å². The lowest BCUT2D eigenvalue weighted by Crippen LogP contribution is -2.34. The molecule has 0 unspecified atom stereocenters. The number of benzene rings is 2. The van der Waals surface area contributed by atoms with E-state index in [2.05, 4.69) is 22.3 Å². The first-order valence-electron chi connectivity index (χ1n) is 11.4. The van der Waals surface area contributed by atoms with Crippen LogP contribution in [0.1, 0.15) is 22.7 Å². The highest BCUT2D eigenvalue weighted by Crippen LogP contribution is 2.33. The molecule has 2 N–H and O–H groups in total. The van der Waals surface area contributed by atoms with E-state index in [4.69, 9.17) is 19.4 Å². The van der Waals surface area contributed by atoms with Crippen molar-refractivity contribution < 1.29 is 23.7 Å². The second kappa shape index (κ2) is 9.23. The van der Waals surface area contributed by atoms with Gasteiger partial charge < -0.3 is 24.8 Å². The van der Waals surface area contributed by atoms with E-state index in [1.807, 2.05) is 25.1 Å². The van der Waals surface area contributed by atoms with Crippen molar-refractivity contribution in [1.82, 2.24) is 15.3 Å². The summed E-state index contributed by atoms with van der Waals surface area (Å²) in [5, 5.41) is 14.2. The molecule has 2 atom stereocenters. The highest BCUT2D eigenvalue weighted by atomic mass is 16.6. The maximum Gasteiger partial charge on any atom is 0.407 e. The average molecular weight is 455 g/mol. The Morgan fingerprint density at radius 2 is 2.15 bits per heavy atom. The Hall–Kier alpha value is -3.39. The molecule has 0 aliphatic carbocycles. The van der Waals surface area contributed by atoms with Crippen molar-refractivity contribution in [3.05, 3.63) is 48.0 Å². The number of phenolic OH excluding ortho intramolecular Hbond substituents is 1. The molecule has 33 heavy (non-hydrogen) atoms. The second-order valence-electron chi connectivity index (χ2n) is 8.78. The Labute approximate surface area is 197 Å². The first-order valence-corrected chi connectivity index (χ1v) is 11.4. The molecule has 0 spiro atoms. The predicted molar refractivity (Wildman–Crippen MR) is 132 cm³/mol. The quantitative estimate of drug-likeness (QED) is 0.590. The first kappa shape index (κ1) is 21.5. The summed E-state index contributed by atoms with van der Waals surface area (Å²) in [7, 11) is 0. The molecule has 2 aliphatic heterocycles. The third-order valence-electron chi connectivity index (χ3n) is 6.26. The highest BCUT2D eigenvalue weighted by molar-refractivity contribution is 5.92. The zero-order chi connectivity index (χ0) is 22.8. The van der Waals surface area contributed by atoms with Gasteiger partial charge in [-0.05, 0) is 49.1 Å². The number of para-hydroxylation sites is 1. The summed E-state index contributed by atoms with van der Waals surface area (Å²) in [5.41, 5.74) is 2.57. The van der Waals surface area contributed by atoms with Crippen LogP contribution in [0.3, 0.4) is 0 Å². The maximum atomic E-state index is 12.1. The summed E-state index contributed by atoms with van der Waals surface area (Å²) >= 11 is 0. The van der Waals surface area contributed by atoms with Crippen molar-refractivity contribution in [3.63, 3.8) is 0 Å². The van der Waals surface area contributed by atoms with E-state index in [1.54, 1.807) is 12.1 Å². The van der Waals surface area contributed by atoms with Crippen LogP contribution in [-0.2, 0) is 9.47 Å². The number of nitrogens with zero attached hydrogens (tertiary/aromatic N) is 3. The number of hydrogen-bond donors (Lipinski definition) is 2. The van der Waals surface area contributed by atoms with Gasteiger partial charge in [0.25, 0.3) is 0 Å². The number of aromatic hydroxyl groups is 1. The fourth-order valence-electron chi connectivity index (χ4n) is 4.47. The largest absolute Gasteiger partial charge is 0.507 e. The van der Waals surface area contributed by atoms with E-state index in [0.717, 1.165) is 48.2 Å². The Bertz CT molecular complexity index is 1180. The van der Waals surface area contributed by atoms with Gasteiger partial charge >= 0.3 is 6.09 Å². The van der Waals surface area contributed by atoms with Crippen LogP contribution in [0.25, 0.3) is 22.3 Å². The topological polar surface area (TPSA) is 96.8 Å². The zero-order valence-electron chi connectivity index (χ0n) is 18.7. The number of aryl methyl sites for hydroxylation is 1. The van der Waals surface area contributed by atoms with Crippen LogP contribution in [0.15, 0.2) is 42.5 Å². The molecule has 3 heterocycles. The number of alkyl carbamates (subject to hydrolysis) is 1. The van der Waals surface area contributed by atoms with E-state index >= 15 is 0 Å². The number of aromatic nitrogens is 2. The molecule has 0 radical (unpaired) electrons. The number of phenols is 1. The standard InChI is InChI=1S/C25H28N4O4.3H2/c1-16-6-7-19-21(12-16)27-23(20-4-2-3-5-22(20)30)28-24(19)29-10-8-17(14-29)13-26-25(31)33-18-9-11-32-15-18;;;/h2-7,12,17-18,30H,8-11,13-15H2,1H3,(H,26,31);3*1H/t17-,18+;;;/m1.../s1. The van der Waals surface area contributed by atoms with Crippen LogP contribution < -0.4 is 10.2 Å². The van der Waals surface area contributed by atoms with Crippen molar-refractivity contribution >= 4 is 22.8 Å². The van der Waals surface area contributed by atoms with Crippen LogP contribution in [0.5, 0.6) is 5.75 Å². The molecule has 2 fully saturated rings. The highest BCUT2D eigenvalue weighted by Gasteiger charge is 2.27. The number of carbonyl (C=O) groups excluding carboxylic acids is 1. The first-order chi connectivity index (χ1) is 16.1. The minimum Gasteiger partial charge on any atom is -0.507 e. The van der Waals surface area contributed by atoms with Gasteiger partial charge in [-0.1, -0.05) is 18.2 Å². The van der Waals surface area contributed by atoms with Crippen molar-refractivity contribution in [2.45, 2.75) is 25.9 Å². The lowest BCUT2D eigenvalue weighted by Gasteiger charge is -2.21. The Morgan fingerprint density at radius 1 is 1.27 bits per heavy atom. The summed E-state index contributed by atoms with van der Waals surface area (Å²) < 4.78 is 10.6. The molecular weight excluding hydrogens is 420 g/mol. The summed E-state index contributed by atoms with van der Waals surface area (Å²) in [6, 6.07) is 13.3. The second-order valence-corrected chi connectivity index (χ2v) is 8.78. The van der Waals surface area contributed by atoms with Gasteiger partial charge in [0.05, 0.1) is 24.3 Å². The number of fused-ring (bicyclic) bond motifs is 1. The third-order valence-corrected chi connectivity index (χ3v) is 6.26. The molecule has 0 bridgehead atoms. The van der Waals surface area contributed by atoms with Gasteiger partial charge in [0, 0.05) is 35.7 Å². The normalized spacial score (nSPS) is 20.3. The van der Waals surface area contributed by atoms with Crippen LogP contribution in [-0.4, -0.2) is 60.1 Å². The van der Waals surface area contributed by atoms with Gasteiger partial charge in [0.1, 0.15) is 17.7 Å². The summed E-state index contributed by atoms with van der Waals surface area (Å²) in [6.45, 7) is 5.31. The molecule has 2 saturated heterocycles. The molecule has 2 aromatic carbocycles. The third kappa shape index (κ3) is 4.71. The Morgan fingerprint density at radius 3 is 2.97 bits per heavy atom. The van der Waals surface area contributed by atoms with Crippen molar-refractivity contribution in [2.24, 2.45) is 5.92 Å². The fraction of sp³-hybridized carbons (Fsp3) is 0.400. The number of amides is 1. The van der Waals surface area contributed by atoms with Gasteiger partial charge in [-0.25, -0.2) is 14.8 Å². The molecule has 8 heteroatoms. The van der Waals surface area contributed by atoms with E-state index < -0.39 is 0 Å². The molecule has 1 aromatic heterocycles. The van der Waals surface area contributed by atoms with Gasteiger partial charge in [0.2, 0.25) is 0 Å². The maximum absolute atomic E-state index is 12.1.